The predicted octanol–water partition coefficient (Wildman–Crippen LogP) is 1.22. The summed E-state index contributed by atoms with van der Waals surface area (Å²) in [7, 11) is 0. The fourth-order valence-corrected chi connectivity index (χ4v) is 1.02. The molecular weight excluding hydrogens is 187 g/mol. The Bertz CT molecular complexity index is 278. The number of halogens is 1. The molecule has 0 fully saturated rings. The molecule has 1 aromatic carbocycles. The summed E-state index contributed by atoms with van der Waals surface area (Å²) >= 11 is 0. The molecule has 0 amide bonds. The molecule has 1 atom stereocenters. The molecule has 4 heteroatoms. The van der Waals surface area contributed by atoms with Crippen molar-refractivity contribution in [2.24, 2.45) is 0 Å². The van der Waals surface area contributed by atoms with Crippen LogP contribution in [0.25, 0.3) is 0 Å². The molecular formula is C10H13FO3. The molecule has 78 valence electrons. The second-order valence-electron chi connectivity index (χ2n) is 2.86. The van der Waals surface area contributed by atoms with Crippen molar-refractivity contribution in [2.45, 2.75) is 12.7 Å². The van der Waals surface area contributed by atoms with Crippen LogP contribution < -0.4 is 0 Å². The van der Waals surface area contributed by atoms with Gasteiger partial charge >= 0.3 is 0 Å². The van der Waals surface area contributed by atoms with E-state index in [1.165, 1.54) is 18.2 Å². The predicted molar refractivity (Wildman–Crippen MR) is 49.0 cm³/mol. The van der Waals surface area contributed by atoms with Gasteiger partial charge in [0.05, 0.1) is 6.61 Å². The standard InChI is InChI=1S/C10H13FO3/c11-9-4-1-3-8(7-9)10(13)14-6-2-5-12/h1,3-4,7,10,12-13H,2,5-6H2. The highest BCUT2D eigenvalue weighted by atomic mass is 19.1. The molecule has 0 aromatic heterocycles. The lowest BCUT2D eigenvalue weighted by Gasteiger charge is -2.11. The van der Waals surface area contributed by atoms with Crippen LogP contribution >= 0.6 is 0 Å². The topological polar surface area (TPSA) is 49.7 Å². The van der Waals surface area contributed by atoms with Crippen LogP contribution in [-0.4, -0.2) is 23.4 Å². The van der Waals surface area contributed by atoms with Crippen molar-refractivity contribution in [3.05, 3.63) is 35.6 Å². The number of hydrogen-bond acceptors (Lipinski definition) is 3. The zero-order valence-corrected chi connectivity index (χ0v) is 7.69. The van der Waals surface area contributed by atoms with Gasteiger partial charge < -0.3 is 14.9 Å². The minimum Gasteiger partial charge on any atom is -0.396 e. The Kier molecular flexibility index (Phi) is 4.52. The zero-order chi connectivity index (χ0) is 10.4. The van der Waals surface area contributed by atoms with E-state index in [0.717, 1.165) is 0 Å². The van der Waals surface area contributed by atoms with Crippen LogP contribution in [0.2, 0.25) is 0 Å². The maximum atomic E-state index is 12.7. The number of aliphatic hydroxyl groups is 2. The van der Waals surface area contributed by atoms with E-state index < -0.39 is 12.1 Å². The lowest BCUT2D eigenvalue weighted by atomic mass is 10.2. The second-order valence-corrected chi connectivity index (χ2v) is 2.86. The van der Waals surface area contributed by atoms with Crippen molar-refractivity contribution in [3.8, 4) is 0 Å². The highest BCUT2D eigenvalue weighted by molar-refractivity contribution is 5.17. The number of rotatable bonds is 5. The Labute approximate surface area is 81.8 Å². The normalized spacial score (nSPS) is 12.8. The van der Waals surface area contributed by atoms with Crippen LogP contribution in [0.4, 0.5) is 4.39 Å². The van der Waals surface area contributed by atoms with Gasteiger partial charge in [0.2, 0.25) is 0 Å². The molecule has 0 aliphatic heterocycles. The van der Waals surface area contributed by atoms with Gasteiger partial charge in [-0.05, 0) is 18.6 Å². The molecule has 3 nitrogen and oxygen atoms in total. The average Bonchev–Trinajstić information content (AvgIpc) is 2.18. The molecule has 2 N–H and O–H groups in total. The van der Waals surface area contributed by atoms with Gasteiger partial charge in [-0.2, -0.15) is 0 Å². The van der Waals surface area contributed by atoms with Crippen molar-refractivity contribution in [2.75, 3.05) is 13.2 Å². The molecule has 1 unspecified atom stereocenters. The smallest absolute Gasteiger partial charge is 0.181 e. The SMILES string of the molecule is OCCCOC(O)c1cccc(F)c1. The van der Waals surface area contributed by atoms with E-state index in [2.05, 4.69) is 0 Å². The summed E-state index contributed by atoms with van der Waals surface area (Å²) in [5, 5.41) is 17.9. The summed E-state index contributed by atoms with van der Waals surface area (Å²) in [4.78, 5) is 0. The highest BCUT2D eigenvalue weighted by Gasteiger charge is 2.07. The Morgan fingerprint density at radius 3 is 2.86 bits per heavy atom. The maximum Gasteiger partial charge on any atom is 0.181 e. The van der Waals surface area contributed by atoms with E-state index in [1.807, 2.05) is 0 Å². The van der Waals surface area contributed by atoms with Gasteiger partial charge in [-0.25, -0.2) is 4.39 Å². The molecule has 0 spiro atoms. The van der Waals surface area contributed by atoms with Crippen LogP contribution in [0.1, 0.15) is 18.3 Å². The number of aliphatic hydroxyl groups excluding tert-OH is 2. The summed E-state index contributed by atoms with van der Waals surface area (Å²) in [5.41, 5.74) is 0.378. The fraction of sp³-hybridized carbons (Fsp3) is 0.400. The Morgan fingerprint density at radius 1 is 1.43 bits per heavy atom. The molecule has 0 aliphatic carbocycles. The van der Waals surface area contributed by atoms with Gasteiger partial charge in [0.25, 0.3) is 0 Å². The minimum atomic E-state index is -1.13. The van der Waals surface area contributed by atoms with Crippen molar-refractivity contribution >= 4 is 0 Å². The summed E-state index contributed by atoms with van der Waals surface area (Å²) in [6, 6.07) is 5.59. The summed E-state index contributed by atoms with van der Waals surface area (Å²) in [5.74, 6) is -0.410. The van der Waals surface area contributed by atoms with Crippen molar-refractivity contribution in [1.29, 1.82) is 0 Å². The molecule has 14 heavy (non-hydrogen) atoms. The largest absolute Gasteiger partial charge is 0.396 e. The summed E-state index contributed by atoms with van der Waals surface area (Å²) < 4.78 is 17.7. The molecule has 0 bridgehead atoms. The number of benzene rings is 1. The molecule has 1 rings (SSSR count). The highest BCUT2D eigenvalue weighted by Crippen LogP contribution is 2.15. The zero-order valence-electron chi connectivity index (χ0n) is 7.69. The second kappa shape index (κ2) is 5.70. The van der Waals surface area contributed by atoms with Gasteiger partial charge in [-0.15, -0.1) is 0 Å². The van der Waals surface area contributed by atoms with Crippen LogP contribution in [-0.2, 0) is 4.74 Å². The van der Waals surface area contributed by atoms with Crippen LogP contribution in [0, 0.1) is 5.82 Å². The first-order chi connectivity index (χ1) is 6.74. The molecule has 0 saturated heterocycles. The third-order valence-electron chi connectivity index (χ3n) is 1.71. The first-order valence-corrected chi connectivity index (χ1v) is 4.40. The van der Waals surface area contributed by atoms with E-state index in [9.17, 15) is 9.50 Å². The third kappa shape index (κ3) is 3.41. The van der Waals surface area contributed by atoms with Crippen molar-refractivity contribution in [1.82, 2.24) is 0 Å². The van der Waals surface area contributed by atoms with Crippen LogP contribution in [0.15, 0.2) is 24.3 Å². The van der Waals surface area contributed by atoms with Crippen molar-refractivity contribution < 1.29 is 19.3 Å². The van der Waals surface area contributed by atoms with E-state index in [1.54, 1.807) is 6.07 Å². The quantitative estimate of drug-likeness (QED) is 0.555. The lowest BCUT2D eigenvalue weighted by Crippen LogP contribution is -2.05. The first-order valence-electron chi connectivity index (χ1n) is 4.40. The minimum absolute atomic E-state index is 0.00979. The van der Waals surface area contributed by atoms with E-state index in [0.29, 0.717) is 12.0 Å². The van der Waals surface area contributed by atoms with E-state index in [4.69, 9.17) is 9.84 Å². The van der Waals surface area contributed by atoms with Gasteiger partial charge in [0.15, 0.2) is 6.29 Å². The maximum absolute atomic E-state index is 12.7. The van der Waals surface area contributed by atoms with Gasteiger partial charge in [-0.1, -0.05) is 12.1 Å². The molecule has 0 heterocycles. The van der Waals surface area contributed by atoms with Gasteiger partial charge in [-0.3, -0.25) is 0 Å². The Hall–Kier alpha value is -0.970. The average molecular weight is 200 g/mol. The third-order valence-corrected chi connectivity index (χ3v) is 1.71. The summed E-state index contributed by atoms with van der Waals surface area (Å²) in [6.45, 7) is 0.254. The van der Waals surface area contributed by atoms with E-state index in [-0.39, 0.29) is 13.2 Å². The molecule has 0 aliphatic rings. The molecule has 0 radical (unpaired) electrons. The van der Waals surface area contributed by atoms with Gasteiger partial charge in [0, 0.05) is 12.2 Å². The Balaban J connectivity index is 2.47. The lowest BCUT2D eigenvalue weighted by molar-refractivity contribution is -0.105. The monoisotopic (exact) mass is 200 g/mol. The molecule has 1 aromatic rings. The van der Waals surface area contributed by atoms with Crippen LogP contribution in [0.3, 0.4) is 0 Å². The van der Waals surface area contributed by atoms with Crippen LogP contribution in [0.5, 0.6) is 0 Å². The number of hydrogen-bond donors (Lipinski definition) is 2. The van der Waals surface area contributed by atoms with Crippen molar-refractivity contribution in [3.63, 3.8) is 0 Å². The molecule has 0 saturated carbocycles. The Morgan fingerprint density at radius 2 is 2.21 bits per heavy atom. The summed E-state index contributed by atoms with van der Waals surface area (Å²) in [6.07, 6.45) is -0.677. The first kappa shape index (κ1) is 11.1. The number of ether oxygens (including phenoxy) is 1. The fourth-order valence-electron chi connectivity index (χ4n) is 1.02. The van der Waals surface area contributed by atoms with E-state index >= 15 is 0 Å². The van der Waals surface area contributed by atoms with Gasteiger partial charge in [0.1, 0.15) is 5.82 Å².